The van der Waals surface area contributed by atoms with Crippen molar-refractivity contribution in [2.24, 2.45) is 5.92 Å². The highest BCUT2D eigenvalue weighted by Gasteiger charge is 2.19. The predicted octanol–water partition coefficient (Wildman–Crippen LogP) is 4.19. The SMILES string of the molecule is CCC(C)CC(C)(O)C#Cc1ccc(Cl)c(C)c1. The first-order valence-electron chi connectivity index (χ1n) is 6.36. The quantitative estimate of drug-likeness (QED) is 0.812. The molecule has 1 N–H and O–H groups in total. The van der Waals surface area contributed by atoms with Crippen LogP contribution >= 0.6 is 11.6 Å². The minimum absolute atomic E-state index is 0.473. The molecule has 1 aromatic rings. The zero-order chi connectivity index (χ0) is 13.8. The second-order valence-electron chi connectivity index (χ2n) is 5.21. The molecule has 2 unspecified atom stereocenters. The molecule has 0 aliphatic heterocycles. The highest BCUT2D eigenvalue weighted by molar-refractivity contribution is 6.31. The molecule has 0 bridgehead atoms. The van der Waals surface area contributed by atoms with Gasteiger partial charge >= 0.3 is 0 Å². The first-order chi connectivity index (χ1) is 8.34. The van der Waals surface area contributed by atoms with Gasteiger partial charge < -0.3 is 5.11 Å². The van der Waals surface area contributed by atoms with Gasteiger partial charge in [-0.2, -0.15) is 0 Å². The van der Waals surface area contributed by atoms with Gasteiger partial charge in [0.05, 0.1) is 0 Å². The number of halogens is 1. The normalized spacial score (nSPS) is 15.4. The minimum atomic E-state index is -0.928. The predicted molar refractivity (Wildman–Crippen MR) is 77.8 cm³/mol. The average molecular weight is 265 g/mol. The summed E-state index contributed by atoms with van der Waals surface area (Å²) < 4.78 is 0. The van der Waals surface area contributed by atoms with E-state index in [1.807, 2.05) is 25.1 Å². The van der Waals surface area contributed by atoms with Gasteiger partial charge in [-0.1, -0.05) is 43.7 Å². The van der Waals surface area contributed by atoms with Crippen molar-refractivity contribution >= 4 is 11.6 Å². The molecule has 0 spiro atoms. The van der Waals surface area contributed by atoms with Gasteiger partial charge in [0.2, 0.25) is 0 Å². The Morgan fingerprint density at radius 1 is 1.44 bits per heavy atom. The third-order valence-electron chi connectivity index (χ3n) is 3.08. The number of rotatable bonds is 3. The number of aliphatic hydroxyl groups is 1. The van der Waals surface area contributed by atoms with Gasteiger partial charge in [0, 0.05) is 10.6 Å². The highest BCUT2D eigenvalue weighted by atomic mass is 35.5. The third-order valence-corrected chi connectivity index (χ3v) is 3.50. The van der Waals surface area contributed by atoms with Crippen LogP contribution in [-0.4, -0.2) is 10.7 Å². The van der Waals surface area contributed by atoms with E-state index in [0.29, 0.717) is 12.3 Å². The molecule has 0 saturated heterocycles. The second kappa shape index (κ2) is 6.27. The lowest BCUT2D eigenvalue weighted by molar-refractivity contribution is 0.0939. The lowest BCUT2D eigenvalue weighted by Crippen LogP contribution is -2.24. The maximum absolute atomic E-state index is 10.2. The summed E-state index contributed by atoms with van der Waals surface area (Å²) in [6, 6.07) is 5.65. The van der Waals surface area contributed by atoms with Crippen LogP contribution < -0.4 is 0 Å². The molecule has 0 aromatic heterocycles. The van der Waals surface area contributed by atoms with Gasteiger partial charge in [-0.05, 0) is 49.9 Å². The number of aryl methyl sites for hydroxylation is 1. The van der Waals surface area contributed by atoms with Crippen LogP contribution in [0.1, 0.15) is 44.7 Å². The fraction of sp³-hybridized carbons (Fsp3) is 0.500. The zero-order valence-electron chi connectivity index (χ0n) is 11.5. The molecule has 1 aromatic carbocycles. The van der Waals surface area contributed by atoms with Crippen LogP contribution in [0.25, 0.3) is 0 Å². The van der Waals surface area contributed by atoms with Crippen molar-refractivity contribution in [3.05, 3.63) is 34.3 Å². The summed E-state index contributed by atoms with van der Waals surface area (Å²) in [5.41, 5.74) is 0.967. The summed E-state index contributed by atoms with van der Waals surface area (Å²) in [6.45, 7) is 7.97. The Hall–Kier alpha value is -0.970. The molecule has 0 heterocycles. The lowest BCUT2D eigenvalue weighted by atomic mass is 9.92. The molecule has 0 saturated carbocycles. The molecular formula is C16H21ClO. The highest BCUT2D eigenvalue weighted by Crippen LogP contribution is 2.19. The van der Waals surface area contributed by atoms with Gasteiger partial charge in [0.15, 0.2) is 0 Å². The number of benzene rings is 1. The van der Waals surface area contributed by atoms with Gasteiger partial charge in [0.1, 0.15) is 5.60 Å². The Morgan fingerprint density at radius 2 is 2.11 bits per heavy atom. The molecule has 2 atom stereocenters. The van der Waals surface area contributed by atoms with Crippen LogP contribution in [0.3, 0.4) is 0 Å². The van der Waals surface area contributed by atoms with Crippen LogP contribution in [0.5, 0.6) is 0 Å². The summed E-state index contributed by atoms with van der Waals surface area (Å²) >= 11 is 5.96. The molecule has 1 nitrogen and oxygen atoms in total. The Labute approximate surface area is 115 Å². The van der Waals surface area contributed by atoms with Crippen molar-refractivity contribution in [1.29, 1.82) is 0 Å². The van der Waals surface area contributed by atoms with Gasteiger partial charge in [0.25, 0.3) is 0 Å². The van der Waals surface area contributed by atoms with Crippen molar-refractivity contribution in [2.75, 3.05) is 0 Å². The Balaban J connectivity index is 2.83. The maximum Gasteiger partial charge on any atom is 0.123 e. The molecule has 0 amide bonds. The standard InChI is InChI=1S/C16H21ClO/c1-5-12(2)11-16(4,18)9-8-14-6-7-15(17)13(3)10-14/h6-7,10,12,18H,5,11H2,1-4H3. The van der Waals surface area contributed by atoms with Crippen LogP contribution in [0.15, 0.2) is 18.2 Å². The molecular weight excluding hydrogens is 244 g/mol. The lowest BCUT2D eigenvalue weighted by Gasteiger charge is -2.20. The van der Waals surface area contributed by atoms with Crippen LogP contribution in [0.2, 0.25) is 5.02 Å². The van der Waals surface area contributed by atoms with E-state index in [-0.39, 0.29) is 0 Å². The van der Waals surface area contributed by atoms with Crippen molar-refractivity contribution in [3.8, 4) is 11.8 Å². The number of hydrogen-bond donors (Lipinski definition) is 1. The van der Waals surface area contributed by atoms with Crippen molar-refractivity contribution < 1.29 is 5.11 Å². The largest absolute Gasteiger partial charge is 0.378 e. The molecule has 0 aliphatic rings. The van der Waals surface area contributed by atoms with E-state index < -0.39 is 5.60 Å². The van der Waals surface area contributed by atoms with Crippen LogP contribution in [0.4, 0.5) is 0 Å². The minimum Gasteiger partial charge on any atom is -0.378 e. The Kier molecular flexibility index (Phi) is 5.26. The summed E-state index contributed by atoms with van der Waals surface area (Å²) in [7, 11) is 0. The van der Waals surface area contributed by atoms with Crippen LogP contribution in [-0.2, 0) is 0 Å². The van der Waals surface area contributed by atoms with E-state index in [2.05, 4.69) is 25.7 Å². The van der Waals surface area contributed by atoms with E-state index in [9.17, 15) is 5.11 Å². The van der Waals surface area contributed by atoms with Crippen LogP contribution in [0, 0.1) is 24.7 Å². The summed E-state index contributed by atoms with van der Waals surface area (Å²) in [5.74, 6) is 6.45. The summed E-state index contributed by atoms with van der Waals surface area (Å²) in [4.78, 5) is 0. The zero-order valence-corrected chi connectivity index (χ0v) is 12.3. The smallest absolute Gasteiger partial charge is 0.123 e. The topological polar surface area (TPSA) is 20.2 Å². The Morgan fingerprint density at radius 3 is 2.67 bits per heavy atom. The van der Waals surface area contributed by atoms with Crippen molar-refractivity contribution in [3.63, 3.8) is 0 Å². The molecule has 0 radical (unpaired) electrons. The molecule has 98 valence electrons. The monoisotopic (exact) mass is 264 g/mol. The van der Waals surface area contributed by atoms with E-state index in [1.54, 1.807) is 6.92 Å². The van der Waals surface area contributed by atoms with Crippen molar-refractivity contribution in [2.45, 2.75) is 46.1 Å². The third kappa shape index (κ3) is 4.72. The molecule has 0 fully saturated rings. The summed E-state index contributed by atoms with van der Waals surface area (Å²) in [5, 5.41) is 10.9. The second-order valence-corrected chi connectivity index (χ2v) is 5.61. The Bertz CT molecular complexity index is 466. The van der Waals surface area contributed by atoms with Gasteiger partial charge in [-0.3, -0.25) is 0 Å². The molecule has 2 heteroatoms. The number of hydrogen-bond acceptors (Lipinski definition) is 1. The fourth-order valence-electron chi connectivity index (χ4n) is 1.80. The first kappa shape index (κ1) is 15.1. The van der Waals surface area contributed by atoms with E-state index in [4.69, 9.17) is 11.6 Å². The van der Waals surface area contributed by atoms with Crippen molar-refractivity contribution in [1.82, 2.24) is 0 Å². The van der Waals surface area contributed by atoms with Gasteiger partial charge in [-0.25, -0.2) is 0 Å². The fourth-order valence-corrected chi connectivity index (χ4v) is 1.92. The maximum atomic E-state index is 10.2. The summed E-state index contributed by atoms with van der Waals surface area (Å²) in [6.07, 6.45) is 1.75. The van der Waals surface area contributed by atoms with E-state index >= 15 is 0 Å². The molecule has 1 rings (SSSR count). The van der Waals surface area contributed by atoms with E-state index in [0.717, 1.165) is 22.6 Å². The molecule has 0 aliphatic carbocycles. The molecule has 18 heavy (non-hydrogen) atoms. The van der Waals surface area contributed by atoms with Gasteiger partial charge in [-0.15, -0.1) is 0 Å². The van der Waals surface area contributed by atoms with E-state index in [1.165, 1.54) is 0 Å². The first-order valence-corrected chi connectivity index (χ1v) is 6.73. The average Bonchev–Trinajstić information content (AvgIpc) is 2.30.